The second-order valence-electron chi connectivity index (χ2n) is 8.07. The monoisotopic (exact) mass is 470 g/mol. The lowest BCUT2D eigenvalue weighted by atomic mass is 10.1. The SMILES string of the molecule is COc1ccccc1C(=O)N(CCCCCCN)C(C)c1nc2cc(Cl)ccc2c(=O)n1C. The number of nitrogens with two attached hydrogens (primary N) is 1. The second-order valence-corrected chi connectivity index (χ2v) is 8.51. The van der Waals surface area contributed by atoms with Gasteiger partial charge in [0.05, 0.1) is 29.6 Å². The largest absolute Gasteiger partial charge is 0.496 e. The molecular weight excluding hydrogens is 440 g/mol. The number of nitrogens with zero attached hydrogens (tertiary/aromatic N) is 3. The zero-order chi connectivity index (χ0) is 24.0. The predicted molar refractivity (Wildman–Crippen MR) is 132 cm³/mol. The van der Waals surface area contributed by atoms with E-state index in [1.54, 1.807) is 49.4 Å². The highest BCUT2D eigenvalue weighted by atomic mass is 35.5. The van der Waals surface area contributed by atoms with E-state index in [1.807, 2.05) is 19.1 Å². The first-order valence-corrected chi connectivity index (χ1v) is 11.6. The molecule has 2 N–H and O–H groups in total. The van der Waals surface area contributed by atoms with Gasteiger partial charge < -0.3 is 15.4 Å². The third-order valence-electron chi connectivity index (χ3n) is 5.87. The normalized spacial score (nSPS) is 12.0. The molecule has 3 aromatic rings. The molecule has 0 bridgehead atoms. The van der Waals surface area contributed by atoms with Crippen LogP contribution in [0.25, 0.3) is 10.9 Å². The van der Waals surface area contributed by atoms with E-state index in [1.165, 1.54) is 4.57 Å². The summed E-state index contributed by atoms with van der Waals surface area (Å²) in [4.78, 5) is 33.2. The van der Waals surface area contributed by atoms with Crippen molar-refractivity contribution in [3.8, 4) is 5.75 Å². The minimum absolute atomic E-state index is 0.167. The Bertz CT molecular complexity index is 1180. The Hall–Kier alpha value is -2.90. The number of hydrogen-bond acceptors (Lipinski definition) is 5. The van der Waals surface area contributed by atoms with Crippen molar-refractivity contribution in [3.05, 3.63) is 69.2 Å². The molecule has 176 valence electrons. The van der Waals surface area contributed by atoms with Gasteiger partial charge in [-0.05, 0) is 56.6 Å². The Morgan fingerprint density at radius 3 is 2.64 bits per heavy atom. The smallest absolute Gasteiger partial charge is 0.261 e. The van der Waals surface area contributed by atoms with Crippen LogP contribution in [0.5, 0.6) is 5.75 Å². The molecule has 0 aliphatic carbocycles. The minimum Gasteiger partial charge on any atom is -0.496 e. The number of para-hydroxylation sites is 1. The Morgan fingerprint density at radius 2 is 1.91 bits per heavy atom. The summed E-state index contributed by atoms with van der Waals surface area (Å²) in [5.74, 6) is 0.842. The number of ether oxygens (including phenoxy) is 1. The average Bonchev–Trinajstić information content (AvgIpc) is 2.82. The highest BCUT2D eigenvalue weighted by Crippen LogP contribution is 2.27. The molecule has 1 atom stereocenters. The number of fused-ring (bicyclic) bond motifs is 1. The molecule has 1 unspecified atom stereocenters. The Labute approximate surface area is 199 Å². The molecule has 0 fully saturated rings. The van der Waals surface area contributed by atoms with Gasteiger partial charge in [-0.1, -0.05) is 36.6 Å². The van der Waals surface area contributed by atoms with Gasteiger partial charge in [0, 0.05) is 18.6 Å². The van der Waals surface area contributed by atoms with E-state index in [9.17, 15) is 9.59 Å². The molecule has 0 radical (unpaired) electrons. The zero-order valence-electron chi connectivity index (χ0n) is 19.4. The Kier molecular flexibility index (Phi) is 8.47. The van der Waals surface area contributed by atoms with Crippen molar-refractivity contribution in [3.63, 3.8) is 0 Å². The number of amides is 1. The van der Waals surface area contributed by atoms with Gasteiger partial charge in [-0.25, -0.2) is 4.98 Å². The molecule has 1 aromatic heterocycles. The first-order valence-electron chi connectivity index (χ1n) is 11.2. The molecule has 7 nitrogen and oxygen atoms in total. The first-order chi connectivity index (χ1) is 15.9. The molecule has 1 amide bonds. The zero-order valence-corrected chi connectivity index (χ0v) is 20.1. The van der Waals surface area contributed by atoms with Crippen molar-refractivity contribution in [1.82, 2.24) is 14.5 Å². The summed E-state index contributed by atoms with van der Waals surface area (Å²) in [6.07, 6.45) is 3.74. The van der Waals surface area contributed by atoms with Crippen molar-refractivity contribution in [2.24, 2.45) is 12.8 Å². The van der Waals surface area contributed by atoms with Crippen LogP contribution in [-0.4, -0.2) is 40.6 Å². The number of rotatable bonds is 10. The van der Waals surface area contributed by atoms with Gasteiger partial charge >= 0.3 is 0 Å². The molecule has 0 spiro atoms. The summed E-state index contributed by atoms with van der Waals surface area (Å²) in [6.45, 7) is 3.07. The second kappa shape index (κ2) is 11.3. The van der Waals surface area contributed by atoms with Crippen LogP contribution in [0.3, 0.4) is 0 Å². The summed E-state index contributed by atoms with van der Waals surface area (Å²) in [5.41, 5.74) is 6.42. The van der Waals surface area contributed by atoms with E-state index < -0.39 is 6.04 Å². The van der Waals surface area contributed by atoms with E-state index in [0.717, 1.165) is 25.7 Å². The minimum atomic E-state index is -0.446. The van der Waals surface area contributed by atoms with Gasteiger partial charge in [0.15, 0.2) is 0 Å². The number of methoxy groups -OCH3 is 1. The Morgan fingerprint density at radius 1 is 1.18 bits per heavy atom. The number of carbonyl (C=O) groups is 1. The van der Waals surface area contributed by atoms with Gasteiger partial charge in [0.1, 0.15) is 11.6 Å². The lowest BCUT2D eigenvalue weighted by Gasteiger charge is -2.30. The average molecular weight is 471 g/mol. The predicted octanol–water partition coefficient (Wildman–Crippen LogP) is 4.32. The van der Waals surface area contributed by atoms with E-state index in [0.29, 0.717) is 46.2 Å². The molecule has 33 heavy (non-hydrogen) atoms. The van der Waals surface area contributed by atoms with Crippen molar-refractivity contribution in [1.29, 1.82) is 0 Å². The highest BCUT2D eigenvalue weighted by molar-refractivity contribution is 6.31. The fourth-order valence-corrected chi connectivity index (χ4v) is 4.17. The molecule has 0 saturated heterocycles. The van der Waals surface area contributed by atoms with Gasteiger partial charge in [0.2, 0.25) is 0 Å². The van der Waals surface area contributed by atoms with Crippen molar-refractivity contribution in [2.75, 3.05) is 20.2 Å². The number of aromatic nitrogens is 2. The Balaban J connectivity index is 2.01. The van der Waals surface area contributed by atoms with E-state index >= 15 is 0 Å². The van der Waals surface area contributed by atoms with Gasteiger partial charge in [-0.2, -0.15) is 0 Å². The van der Waals surface area contributed by atoms with Crippen LogP contribution in [0.15, 0.2) is 47.3 Å². The van der Waals surface area contributed by atoms with Crippen LogP contribution in [0.2, 0.25) is 5.02 Å². The highest BCUT2D eigenvalue weighted by Gasteiger charge is 2.27. The maximum absolute atomic E-state index is 13.7. The van der Waals surface area contributed by atoms with E-state index in [-0.39, 0.29) is 11.5 Å². The van der Waals surface area contributed by atoms with Gasteiger partial charge in [0.25, 0.3) is 11.5 Å². The summed E-state index contributed by atoms with van der Waals surface area (Å²) in [7, 11) is 3.23. The van der Waals surface area contributed by atoms with Gasteiger partial charge in [-0.3, -0.25) is 14.2 Å². The lowest BCUT2D eigenvalue weighted by molar-refractivity contribution is 0.0672. The first kappa shape index (κ1) is 24.7. The van der Waals surface area contributed by atoms with Crippen LogP contribution in [-0.2, 0) is 7.05 Å². The number of carbonyl (C=O) groups excluding carboxylic acids is 1. The third-order valence-corrected chi connectivity index (χ3v) is 6.10. The number of hydrogen-bond donors (Lipinski definition) is 1. The topological polar surface area (TPSA) is 90.5 Å². The summed E-state index contributed by atoms with van der Waals surface area (Å²) in [6, 6.07) is 11.7. The van der Waals surface area contributed by atoms with Crippen LogP contribution >= 0.6 is 11.6 Å². The summed E-state index contributed by atoms with van der Waals surface area (Å²) >= 11 is 6.14. The van der Waals surface area contributed by atoms with Gasteiger partial charge in [-0.15, -0.1) is 0 Å². The summed E-state index contributed by atoms with van der Waals surface area (Å²) < 4.78 is 6.94. The summed E-state index contributed by atoms with van der Waals surface area (Å²) in [5, 5.41) is 0.992. The number of halogens is 1. The number of benzene rings is 2. The van der Waals surface area contributed by atoms with E-state index in [2.05, 4.69) is 0 Å². The molecule has 8 heteroatoms. The third kappa shape index (κ3) is 5.54. The molecule has 1 heterocycles. The van der Waals surface area contributed by atoms with Crippen molar-refractivity contribution >= 4 is 28.4 Å². The van der Waals surface area contributed by atoms with Crippen LogP contribution in [0.4, 0.5) is 0 Å². The van der Waals surface area contributed by atoms with Crippen molar-refractivity contribution in [2.45, 2.75) is 38.6 Å². The standard InChI is InChI=1S/C25H31ClN4O3/c1-17(23-28-21-16-18(26)12-13-19(21)24(31)29(23)2)30(15-9-5-4-8-14-27)25(32)20-10-6-7-11-22(20)33-3/h6-7,10-13,16-17H,4-5,8-9,14-15,27H2,1-3H3. The molecule has 2 aromatic carbocycles. The molecule has 3 rings (SSSR count). The molecule has 0 saturated carbocycles. The lowest BCUT2D eigenvalue weighted by Crippen LogP contribution is -2.38. The fraction of sp³-hybridized carbons (Fsp3) is 0.400. The molecular formula is C25H31ClN4O3. The quantitative estimate of drug-likeness (QED) is 0.445. The van der Waals surface area contributed by atoms with Crippen molar-refractivity contribution < 1.29 is 9.53 Å². The molecule has 0 aliphatic heterocycles. The van der Waals surface area contributed by atoms with E-state index in [4.69, 9.17) is 27.1 Å². The molecule has 0 aliphatic rings. The van der Waals surface area contributed by atoms with Crippen LogP contribution in [0.1, 0.15) is 54.8 Å². The fourth-order valence-electron chi connectivity index (χ4n) is 4.00. The number of unbranched alkanes of at least 4 members (excludes halogenated alkanes) is 3. The van der Waals surface area contributed by atoms with Crippen LogP contribution in [0, 0.1) is 0 Å². The van der Waals surface area contributed by atoms with Crippen LogP contribution < -0.4 is 16.0 Å². The maximum Gasteiger partial charge on any atom is 0.261 e. The maximum atomic E-state index is 13.7.